The minimum atomic E-state index is 0.0209. The SMILES string of the molecule is IC#Cc1ccc(C23CC4(c5ccc(C#CI)cc5)CC(c5ccc(C#CI)cc5)(C2)CC(c2ccc(C#CI)cc2)(C3)C4)cc1. The van der Waals surface area contributed by atoms with Crippen molar-refractivity contribution >= 4 is 90.4 Å². The highest BCUT2D eigenvalue weighted by Gasteiger charge is 2.69. The Morgan fingerprint density at radius 2 is 0.478 bits per heavy atom. The molecule has 0 aromatic heterocycles. The Labute approximate surface area is 327 Å². The third-order valence-electron chi connectivity index (χ3n) is 10.8. The molecule has 224 valence electrons. The molecule has 0 radical (unpaired) electrons. The molecule has 4 fully saturated rings. The third-order valence-corrected chi connectivity index (χ3v) is 11.9. The first-order valence-electron chi connectivity index (χ1n) is 15.3. The number of hydrogen-bond acceptors (Lipinski definition) is 0. The summed E-state index contributed by atoms with van der Waals surface area (Å²) in [6, 6.07) is 37.0. The van der Waals surface area contributed by atoms with Crippen LogP contribution in [0.1, 0.15) is 83.0 Å². The van der Waals surface area contributed by atoms with Crippen molar-refractivity contribution < 1.29 is 0 Å². The van der Waals surface area contributed by atoms with E-state index >= 15 is 0 Å². The van der Waals surface area contributed by atoms with E-state index in [1.54, 1.807) is 0 Å². The van der Waals surface area contributed by atoms with Crippen molar-refractivity contribution in [1.82, 2.24) is 0 Å². The molecule has 0 aliphatic heterocycles. The van der Waals surface area contributed by atoms with Crippen LogP contribution in [0.25, 0.3) is 0 Å². The van der Waals surface area contributed by atoms with Gasteiger partial charge in [0.05, 0.1) is 0 Å². The molecular weight excluding hydrogens is 1010 g/mol. The van der Waals surface area contributed by atoms with E-state index in [1.165, 1.54) is 22.3 Å². The Bertz CT molecular complexity index is 1700. The molecule has 0 N–H and O–H groups in total. The zero-order chi connectivity index (χ0) is 31.8. The predicted octanol–water partition coefficient (Wildman–Crippen LogP) is 11.1. The highest BCUT2D eigenvalue weighted by atomic mass is 127. The lowest BCUT2D eigenvalue weighted by Crippen LogP contribution is -2.67. The zero-order valence-corrected chi connectivity index (χ0v) is 33.6. The summed E-state index contributed by atoms with van der Waals surface area (Å²) in [5, 5.41) is 0. The third kappa shape index (κ3) is 5.85. The molecule has 4 aromatic rings. The smallest absolute Gasteiger partial charge is 0.0253 e. The Morgan fingerprint density at radius 1 is 0.304 bits per heavy atom. The number of hydrogen-bond donors (Lipinski definition) is 0. The van der Waals surface area contributed by atoms with Crippen molar-refractivity contribution in [1.29, 1.82) is 0 Å². The Balaban J connectivity index is 1.47. The van der Waals surface area contributed by atoms with Gasteiger partial charge in [-0.2, -0.15) is 0 Å². The van der Waals surface area contributed by atoms with E-state index in [-0.39, 0.29) is 21.7 Å². The average molecular weight is 1040 g/mol. The summed E-state index contributed by atoms with van der Waals surface area (Å²) in [4.78, 5) is 0. The summed E-state index contributed by atoms with van der Waals surface area (Å²) in [5.41, 5.74) is 10.2. The standard InChI is InChI=1S/C42H28I4/c43-21-17-31-1-9-35(10-2-31)39-25-40(36-11-3-32(4-12-36)18-22-44)28-41(26-39,37-13-5-33(6-14-37)19-23-45)30-42(27-39,29-40)38-15-7-34(8-16-38)20-24-46/h1-16H,25-30H2. The zero-order valence-electron chi connectivity index (χ0n) is 25.0. The first-order chi connectivity index (χ1) is 22.4. The van der Waals surface area contributed by atoms with Crippen LogP contribution in [0.2, 0.25) is 0 Å². The predicted molar refractivity (Wildman–Crippen MR) is 224 cm³/mol. The second-order valence-electron chi connectivity index (χ2n) is 13.4. The first kappa shape index (κ1) is 32.6. The van der Waals surface area contributed by atoms with Gasteiger partial charge in [0.25, 0.3) is 0 Å². The lowest BCUT2D eigenvalue weighted by atomic mass is 9.32. The van der Waals surface area contributed by atoms with Crippen molar-refractivity contribution in [2.24, 2.45) is 0 Å². The summed E-state index contributed by atoms with van der Waals surface area (Å²) < 4.78 is 12.2. The summed E-state index contributed by atoms with van der Waals surface area (Å²) >= 11 is 8.53. The second-order valence-corrected chi connectivity index (χ2v) is 15.5. The molecule has 0 atom stereocenters. The van der Waals surface area contributed by atoms with Gasteiger partial charge in [0.15, 0.2) is 0 Å². The molecular formula is C42H28I4. The lowest BCUT2D eigenvalue weighted by molar-refractivity contribution is -0.0691. The van der Waals surface area contributed by atoms with Crippen LogP contribution >= 0.6 is 90.4 Å². The van der Waals surface area contributed by atoms with Crippen molar-refractivity contribution in [3.8, 4) is 39.4 Å². The first-order valence-corrected chi connectivity index (χ1v) is 19.6. The van der Waals surface area contributed by atoms with E-state index in [0.29, 0.717) is 0 Å². The molecule has 0 unspecified atom stereocenters. The molecule has 4 bridgehead atoms. The van der Waals surface area contributed by atoms with Crippen molar-refractivity contribution in [2.45, 2.75) is 60.2 Å². The van der Waals surface area contributed by atoms with Gasteiger partial charge in [-0.3, -0.25) is 0 Å². The minimum Gasteiger partial charge on any atom is -0.0572 e. The Hall–Kier alpha value is -1.96. The average Bonchev–Trinajstić information content (AvgIpc) is 3.06. The van der Waals surface area contributed by atoms with Gasteiger partial charge in [-0.25, -0.2) is 0 Å². The quantitative estimate of drug-likeness (QED) is 0.141. The van der Waals surface area contributed by atoms with Crippen LogP contribution in [0.5, 0.6) is 0 Å². The maximum atomic E-state index is 3.26. The monoisotopic (exact) mass is 1040 g/mol. The molecule has 0 heterocycles. The summed E-state index contributed by atoms with van der Waals surface area (Å²) in [5.74, 6) is 13.0. The number of rotatable bonds is 4. The van der Waals surface area contributed by atoms with E-state index in [2.05, 4.69) is 227 Å². The summed E-state index contributed by atoms with van der Waals surface area (Å²) in [6.45, 7) is 0. The van der Waals surface area contributed by atoms with Crippen molar-refractivity contribution in [3.05, 3.63) is 142 Å². The molecule has 0 amide bonds. The van der Waals surface area contributed by atoms with E-state index in [1.807, 2.05) is 0 Å². The highest BCUT2D eigenvalue weighted by Crippen LogP contribution is 2.74. The fraction of sp³-hybridized carbons (Fsp3) is 0.238. The topological polar surface area (TPSA) is 0 Å². The fourth-order valence-corrected chi connectivity index (χ4v) is 11.0. The molecule has 4 aliphatic rings. The molecule has 8 rings (SSSR count). The van der Waals surface area contributed by atoms with Gasteiger partial charge in [0, 0.05) is 113 Å². The maximum absolute atomic E-state index is 3.26. The van der Waals surface area contributed by atoms with Gasteiger partial charge in [-0.1, -0.05) is 72.2 Å². The lowest BCUT2D eigenvalue weighted by Gasteiger charge is -2.71. The largest absolute Gasteiger partial charge is 0.0572 e. The molecule has 0 saturated heterocycles. The normalized spacial score (nSPS) is 26.7. The molecule has 0 nitrogen and oxygen atoms in total. The van der Waals surface area contributed by atoms with Gasteiger partial charge in [0.1, 0.15) is 0 Å². The van der Waals surface area contributed by atoms with Gasteiger partial charge in [-0.15, -0.1) is 0 Å². The van der Waals surface area contributed by atoms with E-state index in [4.69, 9.17) is 0 Å². The minimum absolute atomic E-state index is 0.0209. The van der Waals surface area contributed by atoms with E-state index in [9.17, 15) is 0 Å². The molecule has 4 heteroatoms. The maximum Gasteiger partial charge on any atom is 0.0253 e. The van der Waals surface area contributed by atoms with Gasteiger partial charge in [-0.05, 0) is 147 Å². The van der Waals surface area contributed by atoms with Gasteiger partial charge in [0.2, 0.25) is 0 Å². The van der Waals surface area contributed by atoms with Gasteiger partial charge >= 0.3 is 0 Å². The van der Waals surface area contributed by atoms with Crippen LogP contribution in [0, 0.1) is 39.4 Å². The number of benzene rings is 4. The fourth-order valence-electron chi connectivity index (χ4n) is 9.71. The van der Waals surface area contributed by atoms with Gasteiger partial charge < -0.3 is 0 Å². The Morgan fingerprint density at radius 3 is 0.630 bits per heavy atom. The van der Waals surface area contributed by atoms with Crippen molar-refractivity contribution in [3.63, 3.8) is 0 Å². The van der Waals surface area contributed by atoms with Crippen LogP contribution in [0.4, 0.5) is 0 Å². The molecule has 4 aliphatic carbocycles. The van der Waals surface area contributed by atoms with Crippen LogP contribution in [-0.2, 0) is 21.7 Å². The van der Waals surface area contributed by atoms with E-state index < -0.39 is 0 Å². The summed E-state index contributed by atoms with van der Waals surface area (Å²) in [6.07, 6.45) is 6.89. The second kappa shape index (κ2) is 13.2. The van der Waals surface area contributed by atoms with Crippen molar-refractivity contribution in [2.75, 3.05) is 0 Å². The van der Waals surface area contributed by atoms with Crippen LogP contribution in [0.15, 0.2) is 97.1 Å². The molecule has 0 spiro atoms. The van der Waals surface area contributed by atoms with E-state index in [0.717, 1.165) is 60.8 Å². The highest BCUT2D eigenvalue weighted by molar-refractivity contribution is 14.1. The van der Waals surface area contributed by atoms with Crippen LogP contribution in [0.3, 0.4) is 0 Å². The van der Waals surface area contributed by atoms with Crippen LogP contribution in [-0.4, -0.2) is 0 Å². The van der Waals surface area contributed by atoms with Crippen LogP contribution < -0.4 is 0 Å². The molecule has 4 saturated carbocycles. The Kier molecular flexibility index (Phi) is 9.32. The molecule has 46 heavy (non-hydrogen) atoms. The summed E-state index contributed by atoms with van der Waals surface area (Å²) in [7, 11) is 0. The number of halogens is 4. The molecule has 4 aromatic carbocycles.